The lowest BCUT2D eigenvalue weighted by atomic mass is 10.2. The van der Waals surface area contributed by atoms with Crippen LogP contribution < -0.4 is 0 Å². The first kappa shape index (κ1) is 13.9. The van der Waals surface area contributed by atoms with E-state index in [2.05, 4.69) is 9.72 Å². The van der Waals surface area contributed by atoms with E-state index in [0.29, 0.717) is 10.2 Å². The number of halogens is 3. The van der Waals surface area contributed by atoms with E-state index in [9.17, 15) is 18.3 Å². The number of benzene rings is 1. The van der Waals surface area contributed by atoms with Gasteiger partial charge in [-0.2, -0.15) is 0 Å². The van der Waals surface area contributed by atoms with Crippen LogP contribution in [0.2, 0.25) is 0 Å². The zero-order valence-electron chi connectivity index (χ0n) is 9.65. The molecule has 1 atom stereocenters. The second-order valence-electron chi connectivity index (χ2n) is 3.80. The molecule has 0 aliphatic rings. The van der Waals surface area contributed by atoms with E-state index in [1.807, 2.05) is 0 Å². The quantitative estimate of drug-likeness (QED) is 0.674. The molecule has 0 radical (unpaired) electrons. The Morgan fingerprint density at radius 3 is 2.53 bits per heavy atom. The van der Waals surface area contributed by atoms with E-state index in [-0.39, 0.29) is 5.01 Å². The van der Waals surface area contributed by atoms with Gasteiger partial charge < -0.3 is 10.5 Å². The highest BCUT2D eigenvalue weighted by Gasteiger charge is 2.47. The molecule has 0 saturated heterocycles. The van der Waals surface area contributed by atoms with Gasteiger partial charge in [-0.3, -0.25) is 0 Å². The van der Waals surface area contributed by atoms with Crippen molar-refractivity contribution in [2.24, 2.45) is 0 Å². The third-order valence-electron chi connectivity index (χ3n) is 2.36. The largest absolute Gasteiger partial charge is 0.525 e. The SMILES string of the molecule is CC(=N)C(O)(OC(F)(F)F)c1nc2ccccc2s1. The Bertz CT molecular complexity index is 593. The fourth-order valence-corrected chi connectivity index (χ4v) is 2.52. The molecule has 0 aliphatic carbocycles. The van der Waals surface area contributed by atoms with Gasteiger partial charge in [0, 0.05) is 0 Å². The summed E-state index contributed by atoms with van der Waals surface area (Å²) in [6.45, 7) is 1.03. The topological polar surface area (TPSA) is 66.2 Å². The van der Waals surface area contributed by atoms with Crippen LogP contribution in [-0.4, -0.2) is 22.2 Å². The Balaban J connectivity index is 2.52. The number of hydrogen-bond acceptors (Lipinski definition) is 5. The predicted molar refractivity (Wildman–Crippen MR) is 64.1 cm³/mol. The molecule has 8 heteroatoms. The number of rotatable bonds is 3. The monoisotopic (exact) mass is 290 g/mol. The second kappa shape index (κ2) is 4.55. The molecular formula is C11H9F3N2O2S. The fraction of sp³-hybridized carbons (Fsp3) is 0.273. The van der Waals surface area contributed by atoms with Crippen LogP contribution >= 0.6 is 11.3 Å². The summed E-state index contributed by atoms with van der Waals surface area (Å²) >= 11 is 0.846. The molecule has 0 bridgehead atoms. The van der Waals surface area contributed by atoms with Crippen LogP contribution in [0.25, 0.3) is 10.2 Å². The minimum absolute atomic E-state index is 0.321. The van der Waals surface area contributed by atoms with Crippen LogP contribution in [0.5, 0.6) is 0 Å². The van der Waals surface area contributed by atoms with E-state index in [1.54, 1.807) is 24.3 Å². The summed E-state index contributed by atoms with van der Waals surface area (Å²) in [6, 6.07) is 6.63. The lowest BCUT2D eigenvalue weighted by Gasteiger charge is -2.25. The molecule has 2 rings (SSSR count). The number of nitrogens with zero attached hydrogens (tertiary/aromatic N) is 1. The van der Waals surface area contributed by atoms with Gasteiger partial charge in [-0.25, -0.2) is 9.72 Å². The van der Waals surface area contributed by atoms with E-state index < -0.39 is 17.9 Å². The molecule has 1 unspecified atom stereocenters. The smallest absolute Gasteiger partial charge is 0.355 e. The Kier molecular flexibility index (Phi) is 3.33. The molecule has 1 aromatic heterocycles. The minimum Gasteiger partial charge on any atom is -0.355 e. The lowest BCUT2D eigenvalue weighted by Crippen LogP contribution is -2.41. The number of ether oxygens (including phenoxy) is 1. The van der Waals surface area contributed by atoms with Crippen molar-refractivity contribution in [3.8, 4) is 0 Å². The van der Waals surface area contributed by atoms with Gasteiger partial charge in [0.05, 0.1) is 15.9 Å². The van der Waals surface area contributed by atoms with Gasteiger partial charge in [-0.1, -0.05) is 12.1 Å². The van der Waals surface area contributed by atoms with Gasteiger partial charge >= 0.3 is 6.36 Å². The van der Waals surface area contributed by atoms with E-state index in [1.165, 1.54) is 0 Å². The summed E-state index contributed by atoms with van der Waals surface area (Å²) in [7, 11) is 0. The summed E-state index contributed by atoms with van der Waals surface area (Å²) in [4.78, 5) is 3.89. The third kappa shape index (κ3) is 2.75. The number of nitrogens with one attached hydrogen (secondary N) is 1. The van der Waals surface area contributed by atoms with Crippen molar-refractivity contribution in [2.45, 2.75) is 19.1 Å². The molecule has 102 valence electrons. The van der Waals surface area contributed by atoms with Crippen LogP contribution in [0, 0.1) is 5.41 Å². The van der Waals surface area contributed by atoms with Crippen molar-refractivity contribution in [1.82, 2.24) is 4.98 Å². The molecule has 2 aromatic rings. The van der Waals surface area contributed by atoms with Gasteiger partial charge in [0.2, 0.25) is 0 Å². The number of para-hydroxylation sites is 1. The van der Waals surface area contributed by atoms with E-state index in [4.69, 9.17) is 5.41 Å². The standard InChI is InChI=1S/C11H9F3N2O2S/c1-6(15)10(17,18-11(12,13)14)9-16-7-4-2-3-5-8(7)19-9/h2-5,15,17H,1H3. The van der Waals surface area contributed by atoms with Gasteiger partial charge in [-0.15, -0.1) is 24.5 Å². The van der Waals surface area contributed by atoms with Gasteiger partial charge in [0.1, 0.15) is 0 Å². The van der Waals surface area contributed by atoms with Crippen molar-refractivity contribution in [2.75, 3.05) is 0 Å². The molecule has 0 fully saturated rings. The average Bonchev–Trinajstić information content (AvgIpc) is 2.70. The number of aliphatic hydroxyl groups is 1. The normalized spacial score (nSPS) is 15.4. The summed E-state index contributed by atoms with van der Waals surface area (Å²) in [5.41, 5.74) is -0.253. The molecule has 0 aliphatic heterocycles. The molecule has 0 amide bonds. The van der Waals surface area contributed by atoms with Crippen molar-refractivity contribution in [1.29, 1.82) is 5.41 Å². The highest BCUT2D eigenvalue weighted by molar-refractivity contribution is 7.18. The summed E-state index contributed by atoms with van der Waals surface area (Å²) in [5, 5.41) is 17.0. The van der Waals surface area contributed by atoms with Crippen LogP contribution in [0.1, 0.15) is 11.9 Å². The highest BCUT2D eigenvalue weighted by Crippen LogP contribution is 2.36. The number of aromatic nitrogens is 1. The maximum atomic E-state index is 12.4. The van der Waals surface area contributed by atoms with Gasteiger partial charge in [-0.05, 0) is 19.1 Å². The first-order chi connectivity index (χ1) is 8.72. The Hall–Kier alpha value is -1.51. The zero-order chi connectivity index (χ0) is 14.3. The molecule has 2 N–H and O–H groups in total. The van der Waals surface area contributed by atoms with Gasteiger partial charge in [0.15, 0.2) is 5.01 Å². The first-order valence-corrected chi connectivity index (χ1v) is 5.95. The van der Waals surface area contributed by atoms with Crippen LogP contribution in [-0.2, 0) is 10.5 Å². The third-order valence-corrected chi connectivity index (χ3v) is 3.48. The Labute approximate surface area is 110 Å². The molecular weight excluding hydrogens is 281 g/mol. The lowest BCUT2D eigenvalue weighted by molar-refractivity contribution is -0.395. The summed E-state index contributed by atoms with van der Waals surface area (Å²) < 4.78 is 41.3. The molecule has 0 spiro atoms. The van der Waals surface area contributed by atoms with Crippen LogP contribution in [0.3, 0.4) is 0 Å². The maximum Gasteiger partial charge on any atom is 0.525 e. The van der Waals surface area contributed by atoms with Gasteiger partial charge in [0.25, 0.3) is 5.79 Å². The van der Waals surface area contributed by atoms with Crippen LogP contribution in [0.4, 0.5) is 13.2 Å². The van der Waals surface area contributed by atoms with Crippen molar-refractivity contribution in [3.63, 3.8) is 0 Å². The van der Waals surface area contributed by atoms with Crippen molar-refractivity contribution >= 4 is 27.3 Å². The number of thiazole rings is 1. The highest BCUT2D eigenvalue weighted by atomic mass is 32.1. The second-order valence-corrected chi connectivity index (χ2v) is 4.83. The zero-order valence-corrected chi connectivity index (χ0v) is 10.5. The molecule has 1 aromatic carbocycles. The number of alkyl halides is 3. The van der Waals surface area contributed by atoms with E-state index >= 15 is 0 Å². The Morgan fingerprint density at radius 2 is 2.00 bits per heavy atom. The summed E-state index contributed by atoms with van der Waals surface area (Å²) in [6.07, 6.45) is -5.07. The predicted octanol–water partition coefficient (Wildman–Crippen LogP) is 3.02. The fourth-order valence-electron chi connectivity index (χ4n) is 1.47. The maximum absolute atomic E-state index is 12.4. The summed E-state index contributed by atoms with van der Waals surface area (Å²) in [5.74, 6) is -2.89. The van der Waals surface area contributed by atoms with Crippen LogP contribution in [0.15, 0.2) is 24.3 Å². The molecule has 1 heterocycles. The molecule has 4 nitrogen and oxygen atoms in total. The van der Waals surface area contributed by atoms with Crippen molar-refractivity contribution in [3.05, 3.63) is 29.3 Å². The number of fused-ring (bicyclic) bond motifs is 1. The minimum atomic E-state index is -5.07. The Morgan fingerprint density at radius 1 is 1.37 bits per heavy atom. The van der Waals surface area contributed by atoms with Crippen molar-refractivity contribution < 1.29 is 23.0 Å². The number of hydrogen-bond donors (Lipinski definition) is 2. The van der Waals surface area contributed by atoms with E-state index in [0.717, 1.165) is 18.3 Å². The molecule has 0 saturated carbocycles. The molecule has 19 heavy (non-hydrogen) atoms. The first-order valence-electron chi connectivity index (χ1n) is 5.13. The average molecular weight is 290 g/mol.